The Morgan fingerprint density at radius 3 is 2.36 bits per heavy atom. The maximum absolute atomic E-state index is 12.7. The molecule has 0 aromatic heterocycles. The zero-order chi connectivity index (χ0) is 20.3. The van der Waals surface area contributed by atoms with Crippen molar-refractivity contribution in [1.29, 1.82) is 0 Å². The number of methoxy groups -OCH3 is 3. The van der Waals surface area contributed by atoms with Crippen molar-refractivity contribution in [3.63, 3.8) is 0 Å². The van der Waals surface area contributed by atoms with Crippen molar-refractivity contribution in [3.8, 4) is 11.5 Å². The smallest absolute Gasteiger partial charge is 0.337 e. The number of hydrogen-bond acceptors (Lipinski definition) is 5. The third kappa shape index (κ3) is 3.41. The first kappa shape index (κ1) is 19.7. The molecule has 0 saturated heterocycles. The van der Waals surface area contributed by atoms with E-state index in [0.29, 0.717) is 27.9 Å². The van der Waals surface area contributed by atoms with E-state index in [9.17, 15) is 4.79 Å². The fourth-order valence-electron chi connectivity index (χ4n) is 3.38. The minimum atomic E-state index is -0.537. The van der Waals surface area contributed by atoms with Crippen molar-refractivity contribution >= 4 is 29.0 Å². The second-order valence-corrected chi connectivity index (χ2v) is 6.51. The summed E-state index contributed by atoms with van der Waals surface area (Å²) in [5, 5.41) is 3.74. The Morgan fingerprint density at radius 1 is 1.04 bits per heavy atom. The molecule has 0 unspecified atom stereocenters. The summed E-state index contributed by atoms with van der Waals surface area (Å²) in [5.74, 6) is 0.663. The molecule has 1 aliphatic rings. The Morgan fingerprint density at radius 2 is 1.75 bits per heavy atom. The summed E-state index contributed by atoms with van der Waals surface area (Å²) in [4.78, 5) is 14.6. The van der Waals surface area contributed by atoms with Gasteiger partial charge in [0.1, 0.15) is 0 Å². The average molecular weight is 398 g/mol. The molecule has 0 fully saturated rings. The summed E-state index contributed by atoms with van der Waals surface area (Å²) < 4.78 is 16.1. The number of ether oxygens (including phenoxy) is 3. The van der Waals surface area contributed by atoms with Crippen molar-refractivity contribution in [2.24, 2.45) is 0 Å². The van der Waals surface area contributed by atoms with Crippen LogP contribution in [-0.4, -0.2) is 32.4 Å². The van der Waals surface area contributed by atoms with Crippen LogP contribution in [-0.2, 0) is 9.53 Å². The minimum Gasteiger partial charge on any atom is -0.493 e. The van der Waals surface area contributed by atoms with Gasteiger partial charge in [-0.05, 0) is 37.3 Å². The Bertz CT molecular complexity index is 927. The molecule has 1 aliphatic heterocycles. The first-order valence-corrected chi connectivity index (χ1v) is 9.10. The lowest BCUT2D eigenvalue weighted by Crippen LogP contribution is -2.48. The number of carbonyl (C=O) groups is 1. The Balaban J connectivity index is 2.20. The number of nitrogens with zero attached hydrogens (tertiary/aromatic N) is 1. The predicted molar refractivity (Wildman–Crippen MR) is 112 cm³/mol. The third-order valence-corrected chi connectivity index (χ3v) is 4.95. The highest BCUT2D eigenvalue weighted by molar-refractivity contribution is 7.80. The number of thiocarbonyl (C=S) groups is 1. The molecule has 0 amide bonds. The maximum atomic E-state index is 12.7. The van der Waals surface area contributed by atoms with Gasteiger partial charge in [-0.2, -0.15) is 0 Å². The first-order chi connectivity index (χ1) is 13.5. The van der Waals surface area contributed by atoms with Crippen molar-refractivity contribution in [2.75, 3.05) is 26.2 Å². The highest BCUT2D eigenvalue weighted by Gasteiger charge is 2.37. The summed E-state index contributed by atoms with van der Waals surface area (Å²) >= 11 is 5.64. The fourth-order valence-corrected chi connectivity index (χ4v) is 3.74. The zero-order valence-electron chi connectivity index (χ0n) is 16.2. The molecule has 2 aromatic carbocycles. The van der Waals surface area contributed by atoms with Crippen LogP contribution in [0.5, 0.6) is 11.5 Å². The van der Waals surface area contributed by atoms with Crippen LogP contribution < -0.4 is 19.7 Å². The van der Waals surface area contributed by atoms with Gasteiger partial charge in [0, 0.05) is 16.9 Å². The van der Waals surface area contributed by atoms with Crippen molar-refractivity contribution in [2.45, 2.75) is 13.0 Å². The number of allylic oxidation sites excluding steroid dienone is 1. The van der Waals surface area contributed by atoms with Gasteiger partial charge in [-0.1, -0.05) is 30.3 Å². The minimum absolute atomic E-state index is 0.441. The van der Waals surface area contributed by atoms with Crippen molar-refractivity contribution < 1.29 is 19.0 Å². The second kappa shape index (κ2) is 8.31. The molecule has 0 aliphatic carbocycles. The molecule has 0 saturated carbocycles. The number of hydrogen-bond donors (Lipinski definition) is 1. The summed E-state index contributed by atoms with van der Waals surface area (Å²) in [6.07, 6.45) is 0. The Hall–Kier alpha value is -3.06. The molecule has 1 heterocycles. The van der Waals surface area contributed by atoms with E-state index < -0.39 is 12.0 Å². The van der Waals surface area contributed by atoms with Crippen molar-refractivity contribution in [1.82, 2.24) is 5.32 Å². The summed E-state index contributed by atoms with van der Waals surface area (Å²) in [7, 11) is 4.50. The lowest BCUT2D eigenvalue weighted by molar-refractivity contribution is -0.136. The van der Waals surface area contributed by atoms with E-state index in [0.717, 1.165) is 11.3 Å². The molecular weight excluding hydrogens is 376 g/mol. The van der Waals surface area contributed by atoms with E-state index in [1.165, 1.54) is 7.11 Å². The lowest BCUT2D eigenvalue weighted by Gasteiger charge is -2.37. The standard InChI is InChI=1S/C21H22N2O4S/c1-13-17(20(24)27-4)18(15-11-8-12-16(25-2)19(15)26-3)22-21(28)23(13)14-9-6-5-7-10-14/h5-12,18H,1-4H3,(H,22,28)/t18-/m0/s1. The molecule has 2 aromatic rings. The highest BCUT2D eigenvalue weighted by atomic mass is 32.1. The molecular formula is C21H22N2O4S. The van der Waals surface area contributed by atoms with Crippen LogP contribution in [0, 0.1) is 0 Å². The average Bonchev–Trinajstić information content (AvgIpc) is 2.72. The van der Waals surface area contributed by atoms with Crippen LogP contribution in [0.1, 0.15) is 18.5 Å². The number of nitrogens with one attached hydrogen (secondary N) is 1. The third-order valence-electron chi connectivity index (χ3n) is 4.65. The molecule has 0 bridgehead atoms. The summed E-state index contributed by atoms with van der Waals surface area (Å²) in [6, 6.07) is 14.6. The molecule has 28 heavy (non-hydrogen) atoms. The monoisotopic (exact) mass is 398 g/mol. The molecule has 0 radical (unpaired) electrons. The number of esters is 1. The second-order valence-electron chi connectivity index (χ2n) is 6.13. The summed E-state index contributed by atoms with van der Waals surface area (Å²) in [5.41, 5.74) is 2.73. The van der Waals surface area contributed by atoms with Gasteiger partial charge in [0.25, 0.3) is 0 Å². The van der Waals surface area contributed by atoms with Crippen molar-refractivity contribution in [3.05, 3.63) is 65.4 Å². The molecule has 146 valence electrons. The number of para-hydroxylation sites is 2. The Labute approximate surface area is 169 Å². The highest BCUT2D eigenvalue weighted by Crippen LogP contribution is 2.41. The van der Waals surface area contributed by atoms with E-state index in [4.69, 9.17) is 26.4 Å². The van der Waals surface area contributed by atoms with Gasteiger partial charge in [-0.15, -0.1) is 0 Å². The van der Waals surface area contributed by atoms with Gasteiger partial charge in [0.15, 0.2) is 16.6 Å². The zero-order valence-corrected chi connectivity index (χ0v) is 17.0. The number of benzene rings is 2. The molecule has 0 spiro atoms. The lowest BCUT2D eigenvalue weighted by atomic mass is 9.93. The quantitative estimate of drug-likeness (QED) is 0.610. The van der Waals surface area contributed by atoms with Gasteiger partial charge in [0.05, 0.1) is 32.9 Å². The van der Waals surface area contributed by atoms with E-state index in [1.54, 1.807) is 20.3 Å². The van der Waals surface area contributed by atoms with E-state index in [1.807, 2.05) is 54.3 Å². The normalized spacial score (nSPS) is 16.5. The van der Waals surface area contributed by atoms with E-state index >= 15 is 0 Å². The number of anilines is 1. The van der Waals surface area contributed by atoms with Crippen LogP contribution in [0.4, 0.5) is 5.69 Å². The molecule has 3 rings (SSSR count). The van der Waals surface area contributed by atoms with Crippen LogP contribution in [0.25, 0.3) is 0 Å². The largest absolute Gasteiger partial charge is 0.493 e. The topological polar surface area (TPSA) is 60.0 Å². The van der Waals surface area contributed by atoms with Gasteiger partial charge >= 0.3 is 5.97 Å². The van der Waals surface area contributed by atoms with Crippen LogP contribution >= 0.6 is 12.2 Å². The molecule has 7 heteroatoms. The van der Waals surface area contributed by atoms with Crippen LogP contribution in [0.3, 0.4) is 0 Å². The van der Waals surface area contributed by atoms with E-state index in [2.05, 4.69) is 5.32 Å². The van der Waals surface area contributed by atoms with Gasteiger partial charge in [-0.25, -0.2) is 4.79 Å². The fraction of sp³-hybridized carbons (Fsp3) is 0.238. The molecule has 6 nitrogen and oxygen atoms in total. The first-order valence-electron chi connectivity index (χ1n) is 8.69. The van der Waals surface area contributed by atoms with Crippen LogP contribution in [0.2, 0.25) is 0 Å². The molecule has 1 atom stereocenters. The maximum Gasteiger partial charge on any atom is 0.337 e. The predicted octanol–water partition coefficient (Wildman–Crippen LogP) is 3.59. The Kier molecular flexibility index (Phi) is 5.84. The molecule has 1 N–H and O–H groups in total. The van der Waals surface area contributed by atoms with Gasteiger partial charge in [-0.3, -0.25) is 4.90 Å². The van der Waals surface area contributed by atoms with Gasteiger partial charge < -0.3 is 19.5 Å². The van der Waals surface area contributed by atoms with Gasteiger partial charge in [0.2, 0.25) is 0 Å². The van der Waals surface area contributed by atoms with E-state index in [-0.39, 0.29) is 0 Å². The summed E-state index contributed by atoms with van der Waals surface area (Å²) in [6.45, 7) is 1.85. The number of carbonyl (C=O) groups excluding carboxylic acids is 1. The number of rotatable bonds is 5. The van der Waals surface area contributed by atoms with Crippen LogP contribution in [0.15, 0.2) is 59.8 Å². The SMILES string of the molecule is COC(=O)C1=C(C)N(c2ccccc2)C(=S)N[C@H]1c1cccc(OC)c1OC.